The number of carbonyl (C=O) groups is 1. The first kappa shape index (κ1) is 24.4. The van der Waals surface area contributed by atoms with Gasteiger partial charge in [-0.3, -0.25) is 9.78 Å². The number of allylic oxidation sites excluding steroid dienone is 1. The second kappa shape index (κ2) is 10.3. The lowest BCUT2D eigenvalue weighted by atomic mass is 9.63. The fourth-order valence-corrected chi connectivity index (χ4v) is 5.36. The van der Waals surface area contributed by atoms with Gasteiger partial charge in [-0.05, 0) is 62.4 Å². The number of ketones is 1. The summed E-state index contributed by atoms with van der Waals surface area (Å²) in [6.45, 7) is 6.71. The normalized spacial score (nSPS) is 23.1. The maximum atomic E-state index is 13.9. The van der Waals surface area contributed by atoms with Crippen LogP contribution in [0.15, 0.2) is 48.4 Å². The van der Waals surface area contributed by atoms with E-state index < -0.39 is 17.1 Å². The zero-order valence-corrected chi connectivity index (χ0v) is 20.0. The number of aromatic nitrogens is 3. The summed E-state index contributed by atoms with van der Waals surface area (Å²) in [7, 11) is 0. The van der Waals surface area contributed by atoms with Gasteiger partial charge in [0.2, 0.25) is 5.28 Å². The largest absolute Gasteiger partial charge is 0.411 e. The zero-order valence-electron chi connectivity index (χ0n) is 19.2. The summed E-state index contributed by atoms with van der Waals surface area (Å²) in [5.41, 5.74) is 1.00. The average molecular weight is 485 g/mol. The topological polar surface area (TPSA) is 107 Å². The molecular formula is C25H29ClN4O4. The second-order valence-electron chi connectivity index (χ2n) is 8.90. The van der Waals surface area contributed by atoms with Gasteiger partial charge in [0.25, 0.3) is 0 Å². The maximum Gasteiger partial charge on any atom is 0.223 e. The number of oxime groups is 1. The van der Waals surface area contributed by atoms with E-state index >= 15 is 0 Å². The molecule has 4 rings (SSSR count). The molecule has 3 heterocycles. The third-order valence-corrected chi connectivity index (χ3v) is 7.10. The van der Waals surface area contributed by atoms with Crippen LogP contribution in [0.1, 0.15) is 55.9 Å². The van der Waals surface area contributed by atoms with E-state index in [0.717, 1.165) is 18.4 Å². The molecule has 1 saturated carbocycles. The molecule has 2 fully saturated rings. The minimum atomic E-state index is -0.912. The van der Waals surface area contributed by atoms with Crippen molar-refractivity contribution in [3.63, 3.8) is 0 Å². The Balaban J connectivity index is 1.75. The molecule has 0 amide bonds. The molecule has 8 nitrogen and oxygen atoms in total. The molecule has 1 aliphatic carbocycles. The molecule has 2 aromatic rings. The first-order chi connectivity index (χ1) is 16.4. The molecule has 0 aromatic carbocycles. The van der Waals surface area contributed by atoms with E-state index in [-0.39, 0.29) is 16.8 Å². The smallest absolute Gasteiger partial charge is 0.223 e. The van der Waals surface area contributed by atoms with Crippen molar-refractivity contribution in [1.82, 2.24) is 15.0 Å². The SMILES string of the molecule is C=CCCC(C(=O)c1cc(-c2ccncc2)nc(Cl)n1)/C(=N/O)C1(C)CCCCC12OCCO2. The Hall–Kier alpha value is -2.68. The van der Waals surface area contributed by atoms with Gasteiger partial charge >= 0.3 is 0 Å². The standard InChI is InChI=1S/C25H29ClN4O4/c1-3-4-7-18(22(30-32)24(2)10-5-6-11-25(24)33-14-15-34-25)21(31)20-16-19(28-23(26)29-20)17-8-12-27-13-9-17/h3,8-9,12-13,16,18,32H,1,4-7,10-11,14-15H2,2H3/b30-22-. The van der Waals surface area contributed by atoms with Crippen LogP contribution < -0.4 is 0 Å². The molecule has 2 aliphatic rings. The van der Waals surface area contributed by atoms with Crippen LogP contribution in [0.2, 0.25) is 5.28 Å². The van der Waals surface area contributed by atoms with E-state index in [1.807, 2.05) is 6.92 Å². The summed E-state index contributed by atoms with van der Waals surface area (Å²) in [5, 5.41) is 14.0. The van der Waals surface area contributed by atoms with Crippen molar-refractivity contribution in [2.75, 3.05) is 13.2 Å². The van der Waals surface area contributed by atoms with Gasteiger partial charge < -0.3 is 14.7 Å². The first-order valence-electron chi connectivity index (χ1n) is 11.5. The molecule has 2 aromatic heterocycles. The maximum absolute atomic E-state index is 13.9. The van der Waals surface area contributed by atoms with E-state index in [2.05, 4.69) is 26.7 Å². The van der Waals surface area contributed by atoms with Gasteiger partial charge in [0, 0.05) is 24.4 Å². The lowest BCUT2D eigenvalue weighted by Gasteiger charge is -2.49. The molecular weight excluding hydrogens is 456 g/mol. The van der Waals surface area contributed by atoms with Crippen LogP contribution in [0.5, 0.6) is 0 Å². The predicted molar refractivity (Wildman–Crippen MR) is 128 cm³/mol. The number of halogens is 1. The lowest BCUT2D eigenvalue weighted by molar-refractivity contribution is -0.229. The zero-order chi connectivity index (χ0) is 24.2. The first-order valence-corrected chi connectivity index (χ1v) is 11.9. The Labute approximate surface area is 204 Å². The van der Waals surface area contributed by atoms with Crippen molar-refractivity contribution < 1.29 is 19.5 Å². The molecule has 2 unspecified atom stereocenters. The monoisotopic (exact) mass is 484 g/mol. The van der Waals surface area contributed by atoms with Crippen LogP contribution in [-0.2, 0) is 9.47 Å². The highest BCUT2D eigenvalue weighted by atomic mass is 35.5. The van der Waals surface area contributed by atoms with Crippen molar-refractivity contribution in [2.45, 2.75) is 51.2 Å². The van der Waals surface area contributed by atoms with Crippen LogP contribution in [0, 0.1) is 11.3 Å². The Morgan fingerprint density at radius 2 is 1.97 bits per heavy atom. The van der Waals surface area contributed by atoms with Crippen molar-refractivity contribution in [3.05, 3.63) is 54.2 Å². The highest BCUT2D eigenvalue weighted by molar-refractivity contribution is 6.28. The van der Waals surface area contributed by atoms with E-state index in [1.54, 1.807) is 36.7 Å². The van der Waals surface area contributed by atoms with Crippen molar-refractivity contribution >= 4 is 23.1 Å². The van der Waals surface area contributed by atoms with Gasteiger partial charge in [-0.25, -0.2) is 9.97 Å². The van der Waals surface area contributed by atoms with E-state index in [9.17, 15) is 10.0 Å². The average Bonchev–Trinajstić information content (AvgIpc) is 3.33. The van der Waals surface area contributed by atoms with E-state index in [4.69, 9.17) is 21.1 Å². The fraction of sp³-hybridized carbons (Fsp3) is 0.480. The molecule has 0 bridgehead atoms. The predicted octanol–water partition coefficient (Wildman–Crippen LogP) is 5.11. The van der Waals surface area contributed by atoms with E-state index in [1.165, 1.54) is 0 Å². The third kappa shape index (κ3) is 4.50. The van der Waals surface area contributed by atoms with Crippen LogP contribution in [0.25, 0.3) is 11.3 Å². The molecule has 1 saturated heterocycles. The molecule has 1 aliphatic heterocycles. The number of hydrogen-bond acceptors (Lipinski definition) is 8. The van der Waals surface area contributed by atoms with Crippen molar-refractivity contribution in [2.24, 2.45) is 16.5 Å². The fourth-order valence-electron chi connectivity index (χ4n) is 5.18. The van der Waals surface area contributed by atoms with Gasteiger partial charge in [-0.2, -0.15) is 0 Å². The Morgan fingerprint density at radius 1 is 1.26 bits per heavy atom. The quantitative estimate of drug-likeness (QED) is 0.138. The molecule has 0 radical (unpaired) electrons. The van der Waals surface area contributed by atoms with Crippen LogP contribution in [-0.4, -0.2) is 50.7 Å². The Morgan fingerprint density at radius 3 is 2.65 bits per heavy atom. The van der Waals surface area contributed by atoms with Gasteiger partial charge in [-0.15, -0.1) is 6.58 Å². The third-order valence-electron chi connectivity index (χ3n) is 6.93. The molecule has 1 N–H and O–H groups in total. The highest BCUT2D eigenvalue weighted by Crippen LogP contribution is 2.52. The summed E-state index contributed by atoms with van der Waals surface area (Å²) >= 11 is 6.22. The molecule has 34 heavy (non-hydrogen) atoms. The second-order valence-corrected chi connectivity index (χ2v) is 9.24. The summed E-state index contributed by atoms with van der Waals surface area (Å²) < 4.78 is 12.2. The molecule has 1 spiro atoms. The molecule has 180 valence electrons. The van der Waals surface area contributed by atoms with Crippen LogP contribution in [0.4, 0.5) is 0 Å². The van der Waals surface area contributed by atoms with Crippen LogP contribution in [0.3, 0.4) is 0 Å². The molecule has 9 heteroatoms. The number of rotatable bonds is 8. The number of nitrogens with zero attached hydrogens (tertiary/aromatic N) is 4. The highest BCUT2D eigenvalue weighted by Gasteiger charge is 2.59. The number of hydrogen-bond donors (Lipinski definition) is 1. The Bertz CT molecular complexity index is 1070. The number of Topliss-reactive ketones (excluding diaryl/α,β-unsaturated/α-hetero) is 1. The number of carbonyl (C=O) groups excluding carboxylic acids is 1. The van der Waals surface area contributed by atoms with Gasteiger partial charge in [0.15, 0.2) is 11.6 Å². The minimum absolute atomic E-state index is 0.0366. The summed E-state index contributed by atoms with van der Waals surface area (Å²) in [6, 6.07) is 5.18. The van der Waals surface area contributed by atoms with Crippen molar-refractivity contribution in [1.29, 1.82) is 0 Å². The van der Waals surface area contributed by atoms with E-state index in [0.29, 0.717) is 50.3 Å². The summed E-state index contributed by atoms with van der Waals surface area (Å²) in [6.07, 6.45) is 9.19. The number of pyridine rings is 1. The summed E-state index contributed by atoms with van der Waals surface area (Å²) in [4.78, 5) is 26.4. The van der Waals surface area contributed by atoms with Gasteiger partial charge in [0.05, 0.1) is 36.0 Å². The van der Waals surface area contributed by atoms with Crippen molar-refractivity contribution in [3.8, 4) is 11.3 Å². The van der Waals surface area contributed by atoms with Gasteiger partial charge in [-0.1, -0.05) is 17.7 Å². The van der Waals surface area contributed by atoms with Crippen LogP contribution >= 0.6 is 11.6 Å². The Kier molecular flexibility index (Phi) is 7.40. The summed E-state index contributed by atoms with van der Waals surface area (Å²) in [5.74, 6) is -1.97. The minimum Gasteiger partial charge on any atom is -0.411 e. The molecule has 2 atom stereocenters. The van der Waals surface area contributed by atoms with Gasteiger partial charge in [0.1, 0.15) is 5.69 Å². The lowest BCUT2D eigenvalue weighted by Crippen LogP contribution is -2.57. The number of ether oxygens (including phenoxy) is 2.